The highest BCUT2D eigenvalue weighted by atomic mass is 127. The summed E-state index contributed by atoms with van der Waals surface area (Å²) in [4.78, 5) is 28.0. The number of nitrogens with one attached hydrogen (secondary N) is 1. The maximum Gasteiger partial charge on any atom is 0.319 e. The van der Waals surface area contributed by atoms with Crippen molar-refractivity contribution >= 4 is 75.3 Å². The fourth-order valence-corrected chi connectivity index (χ4v) is 14.8. The normalized spacial score (nSPS) is 15.5. The maximum absolute atomic E-state index is 14.5. The van der Waals surface area contributed by atoms with Gasteiger partial charge >= 0.3 is 8.32 Å². The highest BCUT2D eigenvalue weighted by molar-refractivity contribution is 14.1. The number of carbonyl (C=O) groups is 2. The van der Waals surface area contributed by atoms with Crippen LogP contribution < -0.4 is 20.1 Å². The summed E-state index contributed by atoms with van der Waals surface area (Å²) < 4.78 is 29.2. The first-order chi connectivity index (χ1) is 29.5. The smallest absolute Gasteiger partial charge is 0.319 e. The summed E-state index contributed by atoms with van der Waals surface area (Å²) in [5, 5.41) is 5.24. The average Bonchev–Trinajstić information content (AvgIpc) is 3.18. The van der Waals surface area contributed by atoms with E-state index < -0.39 is 43.3 Å². The molecule has 0 aliphatic heterocycles. The van der Waals surface area contributed by atoms with Crippen LogP contribution in [-0.2, 0) is 29.6 Å². The molecule has 0 aliphatic rings. The number of allylic oxidation sites excluding steroid dienone is 1. The third-order valence-corrected chi connectivity index (χ3v) is 28.3. The summed E-state index contributed by atoms with van der Waals surface area (Å²) in [5.74, 6) is 0.326. The molecule has 11 heteroatoms. The van der Waals surface area contributed by atoms with E-state index >= 15 is 0 Å². The van der Waals surface area contributed by atoms with E-state index in [-0.39, 0.29) is 45.6 Å². The van der Waals surface area contributed by atoms with Gasteiger partial charge in [0.2, 0.25) is 5.91 Å². The van der Waals surface area contributed by atoms with Gasteiger partial charge in [0.1, 0.15) is 11.9 Å². The predicted octanol–water partition coefficient (Wildman–Crippen LogP) is 13.4. The maximum atomic E-state index is 14.5. The highest BCUT2D eigenvalue weighted by Gasteiger charge is 2.52. The van der Waals surface area contributed by atoms with Crippen molar-refractivity contribution in [2.45, 2.75) is 162 Å². The average molecular weight is 1040 g/mol. The minimum Gasteiger partial charge on any atom is -0.534 e. The minimum atomic E-state index is -2.97. The van der Waals surface area contributed by atoms with Gasteiger partial charge in [-0.2, -0.15) is 0 Å². The predicted molar refractivity (Wildman–Crippen MR) is 287 cm³/mol. The molecule has 1 amide bonds. The van der Waals surface area contributed by atoms with Crippen LogP contribution in [0, 0.1) is 5.92 Å². The van der Waals surface area contributed by atoms with Crippen LogP contribution >= 0.6 is 22.6 Å². The van der Waals surface area contributed by atoms with Crippen molar-refractivity contribution in [3.05, 3.63) is 118 Å². The van der Waals surface area contributed by atoms with Gasteiger partial charge in [-0.05, 0) is 105 Å². The molecule has 1 N–H and O–H groups in total. The lowest BCUT2D eigenvalue weighted by Gasteiger charge is -2.43. The van der Waals surface area contributed by atoms with Gasteiger partial charge in [-0.25, -0.2) is 0 Å². The number of anilines is 1. The Morgan fingerprint density at radius 2 is 1.28 bits per heavy atom. The van der Waals surface area contributed by atoms with Crippen LogP contribution in [0.25, 0.3) is 0 Å². The number of carbonyl (C=O) groups excluding carboxylic acids is 2. The number of hydrogen-bond acceptors (Lipinski definition) is 6. The van der Waals surface area contributed by atoms with E-state index in [1.165, 1.54) is 23.1 Å². The molecule has 4 atom stereocenters. The van der Waals surface area contributed by atoms with E-state index in [9.17, 15) is 9.59 Å². The summed E-state index contributed by atoms with van der Waals surface area (Å²) in [6.07, 6.45) is 3.07. The number of benzene rings is 3. The zero-order valence-electron chi connectivity index (χ0n) is 42.2. The molecule has 64 heavy (non-hydrogen) atoms. The first-order valence-corrected chi connectivity index (χ1v) is 31.7. The SMILES string of the molecule is C=C[C@@H](OC)C(=O)C[C@H](O[Si](C)(C)C(C)(C)C)[C@@H](C)/C=C(\C)[C@H](CC(=O)Nc1cc(C/C(C)=C/I)cc(O[Si](c2ccccc2)(c2ccccc2)C(C)(C)C)c1)O[Si](C)(C)C(C)(C)C. The number of hydrogen-bond donors (Lipinski definition) is 1. The Balaban J connectivity index is 2.14. The van der Waals surface area contributed by atoms with Gasteiger partial charge < -0.3 is 23.3 Å². The van der Waals surface area contributed by atoms with Crippen LogP contribution in [0.4, 0.5) is 5.69 Å². The van der Waals surface area contributed by atoms with Gasteiger partial charge in [0, 0.05) is 25.3 Å². The molecule has 0 aromatic heterocycles. The van der Waals surface area contributed by atoms with Crippen molar-refractivity contribution in [2.24, 2.45) is 5.92 Å². The molecule has 7 nitrogen and oxygen atoms in total. The van der Waals surface area contributed by atoms with Crippen molar-refractivity contribution < 1.29 is 27.6 Å². The Morgan fingerprint density at radius 3 is 1.73 bits per heavy atom. The Bertz CT molecular complexity index is 2040. The Hall–Kier alpha value is -2.92. The second-order valence-electron chi connectivity index (χ2n) is 21.6. The Morgan fingerprint density at radius 1 is 0.766 bits per heavy atom. The van der Waals surface area contributed by atoms with Gasteiger partial charge in [0.25, 0.3) is 0 Å². The first kappa shape index (κ1) is 55.4. The van der Waals surface area contributed by atoms with E-state index in [0.29, 0.717) is 12.1 Å². The van der Waals surface area contributed by atoms with Crippen LogP contribution in [0.3, 0.4) is 0 Å². The monoisotopic (exact) mass is 1040 g/mol. The van der Waals surface area contributed by atoms with Crippen LogP contribution in [0.2, 0.25) is 41.3 Å². The zero-order chi connectivity index (χ0) is 48.5. The second kappa shape index (κ2) is 22.7. The second-order valence-corrected chi connectivity index (χ2v) is 36.0. The van der Waals surface area contributed by atoms with Gasteiger partial charge in [0.15, 0.2) is 22.4 Å². The molecule has 0 aliphatic carbocycles. The molecule has 3 aromatic carbocycles. The molecule has 0 saturated carbocycles. The molecule has 3 aromatic rings. The van der Waals surface area contributed by atoms with E-state index in [1.54, 1.807) is 6.08 Å². The molecule has 0 saturated heterocycles. The number of ketones is 1. The van der Waals surface area contributed by atoms with E-state index in [2.05, 4.69) is 208 Å². The molecular weight excluding hydrogens is 958 g/mol. The molecule has 0 radical (unpaired) electrons. The lowest BCUT2D eigenvalue weighted by atomic mass is 9.94. The number of amides is 1. The molecule has 0 unspecified atom stereocenters. The quantitative estimate of drug-likeness (QED) is 0.0650. The fraction of sp³-hybridized carbons (Fsp3) is 0.509. The highest BCUT2D eigenvalue weighted by Crippen LogP contribution is 2.42. The summed E-state index contributed by atoms with van der Waals surface area (Å²) in [6, 6.07) is 27.4. The van der Waals surface area contributed by atoms with Crippen LogP contribution in [-0.4, -0.2) is 62.1 Å². The van der Waals surface area contributed by atoms with Crippen molar-refractivity contribution in [3.8, 4) is 5.75 Å². The van der Waals surface area contributed by atoms with E-state index in [4.69, 9.17) is 18.0 Å². The van der Waals surface area contributed by atoms with Gasteiger partial charge in [0.05, 0.1) is 18.6 Å². The van der Waals surface area contributed by atoms with Crippen LogP contribution in [0.5, 0.6) is 5.75 Å². The van der Waals surface area contributed by atoms with Gasteiger partial charge in [-0.1, -0.05) is 170 Å². The number of rotatable bonds is 21. The summed E-state index contributed by atoms with van der Waals surface area (Å²) in [6.45, 7) is 39.0. The summed E-state index contributed by atoms with van der Waals surface area (Å²) >= 11 is 2.29. The van der Waals surface area contributed by atoms with E-state index in [0.717, 1.165) is 16.9 Å². The third kappa shape index (κ3) is 14.5. The molecule has 352 valence electrons. The number of methoxy groups -OCH3 is 1. The van der Waals surface area contributed by atoms with Crippen molar-refractivity contribution in [1.29, 1.82) is 0 Å². The van der Waals surface area contributed by atoms with E-state index in [1.807, 2.05) is 25.1 Å². The molecule has 0 bridgehead atoms. The first-order valence-electron chi connectivity index (χ1n) is 22.7. The summed E-state index contributed by atoms with van der Waals surface area (Å²) in [5.41, 5.74) is 3.86. The van der Waals surface area contributed by atoms with Gasteiger partial charge in [-0.15, -0.1) is 6.58 Å². The summed E-state index contributed by atoms with van der Waals surface area (Å²) in [7, 11) is -6.13. The zero-order valence-corrected chi connectivity index (χ0v) is 47.4. The molecule has 3 rings (SSSR count). The van der Waals surface area contributed by atoms with Crippen molar-refractivity contribution in [1.82, 2.24) is 0 Å². The minimum absolute atomic E-state index is 0.0647. The molecular formula is C53H80INO6Si3. The van der Waals surface area contributed by atoms with Crippen LogP contribution in [0.15, 0.2) is 113 Å². The van der Waals surface area contributed by atoms with Crippen LogP contribution in [0.1, 0.15) is 101 Å². The molecule has 0 heterocycles. The lowest BCUT2D eigenvalue weighted by molar-refractivity contribution is -0.128. The Labute approximate surface area is 404 Å². The largest absolute Gasteiger partial charge is 0.534 e. The number of ether oxygens (including phenoxy) is 1. The van der Waals surface area contributed by atoms with Crippen molar-refractivity contribution in [2.75, 3.05) is 12.4 Å². The lowest BCUT2D eigenvalue weighted by Crippen LogP contribution is -2.68. The molecule has 0 spiro atoms. The number of halogens is 1. The standard InChI is InChI=1S/C53H80INO6Si3/c1-19-47(58-14)46(56)35-48(60-62(15,16)51(5,6)7)39(3)31-40(4)49(61-63(17,18)52(8,9)10)36-50(57)55-42-32-41(30-38(2)37-54)33-43(34-42)59-64(53(11,12)13,44-26-22-20-23-27-44)45-28-24-21-25-29-45/h19-29,31-34,37,39,47-49H,1,30,35-36H2,2-18H3,(H,55,57)/b38-37+,40-31+/t39-,47+,48-,49-/m0/s1. The Kier molecular flexibility index (Phi) is 19.7. The molecule has 0 fully saturated rings. The van der Waals surface area contributed by atoms with Crippen molar-refractivity contribution in [3.63, 3.8) is 0 Å². The fourth-order valence-electron chi connectivity index (χ4n) is 7.48. The topological polar surface area (TPSA) is 83.1 Å². The number of Topliss-reactive ketones (excluding diaryl/α,β-unsaturated/α-hetero) is 1. The van der Waals surface area contributed by atoms with Gasteiger partial charge in [-0.3, -0.25) is 9.59 Å². The third-order valence-electron chi connectivity index (χ3n) is 13.3.